The van der Waals surface area contributed by atoms with E-state index in [0.29, 0.717) is 22.5 Å². The van der Waals surface area contributed by atoms with Gasteiger partial charge in [0, 0.05) is 91.6 Å². The van der Waals surface area contributed by atoms with Crippen LogP contribution >= 0.6 is 12.1 Å². The minimum absolute atomic E-state index is 0.147. The molecule has 5 N–H and O–H groups in total. The number of hydrogen-bond donors (Lipinski definition) is 4. The van der Waals surface area contributed by atoms with E-state index in [-0.39, 0.29) is 11.3 Å². The molecule has 1 aliphatic rings. The molecule has 2 heterocycles. The van der Waals surface area contributed by atoms with Crippen LogP contribution in [0.4, 0.5) is 39.0 Å². The number of aliphatic hydroxyl groups is 1. The maximum absolute atomic E-state index is 15.7. The summed E-state index contributed by atoms with van der Waals surface area (Å²) in [5, 5.41) is 10.9. The van der Waals surface area contributed by atoms with Crippen LogP contribution in [0.25, 0.3) is 11.3 Å². The van der Waals surface area contributed by atoms with Crippen LogP contribution < -0.4 is 20.7 Å². The molecule has 0 unspecified atom stereocenters. The molecule has 1 fully saturated rings. The van der Waals surface area contributed by atoms with E-state index in [1.807, 2.05) is 24.3 Å². The molecule has 1 aromatic heterocycles. The van der Waals surface area contributed by atoms with Crippen molar-refractivity contribution in [1.82, 2.24) is 14.6 Å². The zero-order valence-electron chi connectivity index (χ0n) is 24.2. The lowest BCUT2D eigenvalue weighted by molar-refractivity contribution is -0.119. The van der Waals surface area contributed by atoms with Gasteiger partial charge >= 0.3 is 6.18 Å². The van der Waals surface area contributed by atoms with E-state index in [1.54, 1.807) is 48.8 Å². The van der Waals surface area contributed by atoms with E-state index < -0.39 is 23.6 Å². The summed E-state index contributed by atoms with van der Waals surface area (Å²) in [4.78, 5) is 10.5. The van der Waals surface area contributed by atoms with Gasteiger partial charge in [-0.25, -0.2) is 13.1 Å². The third-order valence-corrected chi connectivity index (χ3v) is 7.28. The van der Waals surface area contributed by atoms with Crippen LogP contribution in [0.2, 0.25) is 0 Å². The topological polar surface area (TPSA) is 102 Å². The highest BCUT2D eigenvalue weighted by atomic mass is 32.2. The van der Waals surface area contributed by atoms with Crippen molar-refractivity contribution >= 4 is 46.7 Å². The normalized spacial score (nSPS) is 14.2. The van der Waals surface area contributed by atoms with Gasteiger partial charge in [-0.05, 0) is 43.4 Å². The lowest BCUT2D eigenvalue weighted by Crippen LogP contribution is -2.43. The van der Waals surface area contributed by atoms with Gasteiger partial charge < -0.3 is 25.8 Å². The van der Waals surface area contributed by atoms with Gasteiger partial charge in [-0.1, -0.05) is 25.6 Å². The van der Waals surface area contributed by atoms with Crippen LogP contribution in [0.15, 0.2) is 78.3 Å². The van der Waals surface area contributed by atoms with Crippen LogP contribution in [-0.2, 0) is 0 Å². The second kappa shape index (κ2) is 16.1. The van der Waals surface area contributed by atoms with Crippen molar-refractivity contribution < 1.29 is 27.1 Å². The molecule has 0 saturated carbocycles. The lowest BCUT2D eigenvalue weighted by Gasteiger charge is -2.29. The predicted molar refractivity (Wildman–Crippen MR) is 169 cm³/mol. The van der Waals surface area contributed by atoms with Crippen LogP contribution in [-0.4, -0.2) is 66.6 Å². The average Bonchev–Trinajstić information content (AvgIpc) is 3.02. The highest BCUT2D eigenvalue weighted by Gasteiger charge is 2.31. The molecule has 236 valence electrons. The molecule has 3 aromatic rings. The number of nitrogens with zero attached hydrogens (tertiary/aromatic N) is 4. The molecule has 1 aliphatic heterocycles. The van der Waals surface area contributed by atoms with Crippen LogP contribution in [0.1, 0.15) is 18.1 Å². The van der Waals surface area contributed by atoms with E-state index >= 15 is 8.78 Å². The summed E-state index contributed by atoms with van der Waals surface area (Å²) in [6, 6.07) is 13.5. The fourth-order valence-corrected chi connectivity index (χ4v) is 4.38. The molecule has 0 spiro atoms. The molecule has 2 aromatic carbocycles. The van der Waals surface area contributed by atoms with Gasteiger partial charge in [0.15, 0.2) is 17.4 Å². The van der Waals surface area contributed by atoms with Crippen molar-refractivity contribution in [3.63, 3.8) is 0 Å². The number of piperazine rings is 1. The fraction of sp³-hybridized carbons (Fsp3) is 0.267. The number of aliphatic imine (C=N–C) groups is 1. The summed E-state index contributed by atoms with van der Waals surface area (Å²) < 4.78 is 68.2. The summed E-state index contributed by atoms with van der Waals surface area (Å²) in [5.41, 5.74) is 9.33. The van der Waals surface area contributed by atoms with E-state index in [1.165, 1.54) is 24.4 Å². The summed E-state index contributed by atoms with van der Waals surface area (Å²) >= 11 is 1.29. The first-order chi connectivity index (χ1) is 20.9. The van der Waals surface area contributed by atoms with E-state index in [4.69, 9.17) is 10.8 Å². The van der Waals surface area contributed by atoms with Crippen LogP contribution in [0.5, 0.6) is 0 Å². The van der Waals surface area contributed by atoms with Gasteiger partial charge in [0.05, 0.1) is 11.4 Å². The number of hydrogen-bond acceptors (Lipinski definition) is 9. The highest BCUT2D eigenvalue weighted by Crippen LogP contribution is 2.31. The molecule has 44 heavy (non-hydrogen) atoms. The summed E-state index contributed by atoms with van der Waals surface area (Å²) in [5.74, 6) is -2.69. The number of halogens is 5. The van der Waals surface area contributed by atoms with Gasteiger partial charge in [-0.3, -0.25) is 9.98 Å². The average molecular weight is 636 g/mol. The smallest absolute Gasteiger partial charge is 0.448 e. The fourth-order valence-electron chi connectivity index (χ4n) is 3.84. The maximum Gasteiger partial charge on any atom is 0.448 e. The molecule has 0 aliphatic carbocycles. The number of alkyl halides is 3. The Morgan fingerprint density at radius 2 is 1.84 bits per heavy atom. The monoisotopic (exact) mass is 635 g/mol. The molecule has 14 heteroatoms. The zero-order valence-corrected chi connectivity index (χ0v) is 25.0. The Morgan fingerprint density at radius 1 is 1.18 bits per heavy atom. The summed E-state index contributed by atoms with van der Waals surface area (Å²) in [7, 11) is 1.90. The number of pyridine rings is 1. The Balaban J connectivity index is 0.000000676. The second-order valence-electron chi connectivity index (χ2n) is 9.44. The first-order valence-electron chi connectivity index (χ1n) is 13.5. The number of aromatic nitrogens is 1. The van der Waals surface area contributed by atoms with E-state index in [9.17, 15) is 13.2 Å². The Hall–Kier alpha value is -4.14. The number of nitrogens with one attached hydrogen (secondary N) is 2. The first-order valence-corrected chi connectivity index (χ1v) is 14.3. The summed E-state index contributed by atoms with van der Waals surface area (Å²) in [6.45, 7) is 8.38. The third kappa shape index (κ3) is 9.69. The highest BCUT2D eigenvalue weighted by molar-refractivity contribution is 7.98. The van der Waals surface area contributed by atoms with E-state index in [2.05, 4.69) is 31.5 Å². The Morgan fingerprint density at radius 3 is 2.43 bits per heavy atom. The largest absolute Gasteiger partial charge is 0.505 e. The third-order valence-electron chi connectivity index (χ3n) is 6.40. The standard InChI is InChI=1S/C27H31F2N7S.C3H3F3O/c1-3-35(2)37-34-25-6-4-5-21(26(25)29)22(27(30)19-9-11-31-12-10-19)18-33-24-8-7-20(17-23(24)28)36-15-13-32-14-16-36;1-2(7)3(4,5)6/h4-12,17-18,32,34H,3,13-16,30H2,1-2H3;7H,1H2/b27-22+,33-18?;. The van der Waals surface area contributed by atoms with Gasteiger partial charge in [-0.2, -0.15) is 13.2 Å². The minimum Gasteiger partial charge on any atom is -0.505 e. The Kier molecular flexibility index (Phi) is 12.6. The molecule has 4 rings (SSSR count). The minimum atomic E-state index is -4.64. The van der Waals surface area contributed by atoms with Gasteiger partial charge in [0.25, 0.3) is 0 Å². The molecule has 8 nitrogen and oxygen atoms in total. The Bertz CT molecular complexity index is 1460. The first kappa shape index (κ1) is 34.4. The number of aliphatic hydroxyl groups excluding tert-OH is 1. The van der Waals surface area contributed by atoms with Crippen molar-refractivity contribution in [2.45, 2.75) is 13.1 Å². The molecule has 0 radical (unpaired) electrons. The van der Waals surface area contributed by atoms with Crippen molar-refractivity contribution in [3.05, 3.63) is 96.0 Å². The van der Waals surface area contributed by atoms with Crippen molar-refractivity contribution in [1.29, 1.82) is 0 Å². The second-order valence-corrected chi connectivity index (χ2v) is 10.5. The molecule has 0 atom stereocenters. The maximum atomic E-state index is 15.7. The number of allylic oxidation sites excluding steroid dienone is 2. The van der Waals surface area contributed by atoms with Crippen LogP contribution in [0.3, 0.4) is 0 Å². The SMILES string of the molecule is C=C(O)C(F)(F)F.CCN(C)SNc1cccc(/C(C=Nc2ccc(N3CCNCC3)cc2F)=C(/N)c2ccncc2)c1F. The molecule has 0 bridgehead atoms. The molecular formula is C30H34F5N7OS. The molecular weight excluding hydrogens is 601 g/mol. The summed E-state index contributed by atoms with van der Waals surface area (Å²) in [6.07, 6.45) is 0.000210. The van der Waals surface area contributed by atoms with Crippen molar-refractivity contribution in [2.24, 2.45) is 10.7 Å². The number of benzene rings is 2. The zero-order chi connectivity index (χ0) is 32.3. The molecule has 0 amide bonds. The van der Waals surface area contributed by atoms with Crippen molar-refractivity contribution in [2.75, 3.05) is 49.4 Å². The Labute approximate surface area is 257 Å². The number of nitrogens with two attached hydrogens (primary N) is 1. The number of rotatable bonds is 9. The molecule has 1 saturated heterocycles. The van der Waals surface area contributed by atoms with Gasteiger partial charge in [-0.15, -0.1) is 0 Å². The van der Waals surface area contributed by atoms with E-state index in [0.717, 1.165) is 38.4 Å². The van der Waals surface area contributed by atoms with Gasteiger partial charge in [0.2, 0.25) is 0 Å². The van der Waals surface area contributed by atoms with Gasteiger partial charge in [0.1, 0.15) is 0 Å². The number of anilines is 2. The predicted octanol–water partition coefficient (Wildman–Crippen LogP) is 6.55. The quantitative estimate of drug-likeness (QED) is 0.0910. The van der Waals surface area contributed by atoms with Crippen molar-refractivity contribution in [3.8, 4) is 0 Å². The lowest BCUT2D eigenvalue weighted by atomic mass is 10.00. The van der Waals surface area contributed by atoms with Crippen LogP contribution in [0, 0.1) is 11.6 Å².